The average Bonchev–Trinajstić information content (AvgIpc) is 3.37. The fourth-order valence-corrected chi connectivity index (χ4v) is 4.99. The van der Waals surface area contributed by atoms with Gasteiger partial charge >= 0.3 is 0 Å². The largest absolute Gasteiger partial charge is 0.279 e. The van der Waals surface area contributed by atoms with Crippen molar-refractivity contribution < 1.29 is 13.2 Å². The quantitative estimate of drug-likeness (QED) is 0.301. The van der Waals surface area contributed by atoms with Gasteiger partial charge in [-0.3, -0.25) is 9.52 Å². The molecule has 0 saturated heterocycles. The zero-order chi connectivity index (χ0) is 22.4. The predicted molar refractivity (Wildman–Crippen MR) is 129 cm³/mol. The van der Waals surface area contributed by atoms with Gasteiger partial charge < -0.3 is 0 Å². The monoisotopic (exact) mass is 461 g/mol. The summed E-state index contributed by atoms with van der Waals surface area (Å²) >= 11 is 1.13. The van der Waals surface area contributed by atoms with Crippen LogP contribution in [0.2, 0.25) is 0 Å². The van der Waals surface area contributed by atoms with E-state index in [-0.39, 0.29) is 4.21 Å². The second-order valence-electron chi connectivity index (χ2n) is 6.80. The first kappa shape index (κ1) is 21.5. The Balaban J connectivity index is 1.34. The van der Waals surface area contributed by atoms with E-state index in [4.69, 9.17) is 0 Å². The van der Waals surface area contributed by atoms with Crippen molar-refractivity contribution in [3.8, 4) is 11.1 Å². The van der Waals surface area contributed by atoms with Gasteiger partial charge in [0.15, 0.2) is 0 Å². The Morgan fingerprint density at radius 1 is 0.812 bits per heavy atom. The summed E-state index contributed by atoms with van der Waals surface area (Å²) in [6.45, 7) is 0. The molecule has 1 aromatic heterocycles. The summed E-state index contributed by atoms with van der Waals surface area (Å²) < 4.78 is 27.2. The Hall–Kier alpha value is -3.75. The van der Waals surface area contributed by atoms with E-state index < -0.39 is 15.9 Å². The molecular formula is C24H19N3O3S2. The highest BCUT2D eigenvalue weighted by molar-refractivity contribution is 7.94. The maximum Gasteiger partial charge on any atom is 0.271 e. The standard InChI is InChI=1S/C24H19N3O3S2/c28-24(21-12-14-22(15-13-21)27-32(29,30)23-7-4-16-31-23)26-25-17-18-8-10-20(11-9-18)19-5-2-1-3-6-19/h1-17,27H,(H,26,28)/b25-17+. The molecule has 8 heteroatoms. The molecule has 2 N–H and O–H groups in total. The van der Waals surface area contributed by atoms with Crippen molar-refractivity contribution in [2.24, 2.45) is 5.10 Å². The van der Waals surface area contributed by atoms with Gasteiger partial charge in [0.1, 0.15) is 4.21 Å². The number of anilines is 1. The molecule has 32 heavy (non-hydrogen) atoms. The Kier molecular flexibility index (Phi) is 6.44. The van der Waals surface area contributed by atoms with Gasteiger partial charge in [-0.15, -0.1) is 11.3 Å². The second kappa shape index (κ2) is 9.59. The number of nitrogens with one attached hydrogen (secondary N) is 2. The van der Waals surface area contributed by atoms with Crippen molar-refractivity contribution in [3.63, 3.8) is 0 Å². The van der Waals surface area contributed by atoms with Crippen LogP contribution in [0.5, 0.6) is 0 Å². The van der Waals surface area contributed by atoms with Crippen LogP contribution in [-0.4, -0.2) is 20.5 Å². The molecule has 0 radical (unpaired) electrons. The van der Waals surface area contributed by atoms with Gasteiger partial charge in [0, 0.05) is 11.3 Å². The fourth-order valence-electron chi connectivity index (χ4n) is 2.93. The average molecular weight is 462 g/mol. The van der Waals surface area contributed by atoms with Crippen LogP contribution in [0.25, 0.3) is 11.1 Å². The lowest BCUT2D eigenvalue weighted by Crippen LogP contribution is -2.17. The van der Waals surface area contributed by atoms with E-state index in [0.717, 1.165) is 28.0 Å². The Labute approximate surface area is 190 Å². The van der Waals surface area contributed by atoms with E-state index in [1.54, 1.807) is 17.7 Å². The lowest BCUT2D eigenvalue weighted by Gasteiger charge is -2.07. The van der Waals surface area contributed by atoms with Crippen LogP contribution in [-0.2, 0) is 10.0 Å². The van der Waals surface area contributed by atoms with Crippen LogP contribution in [0, 0.1) is 0 Å². The summed E-state index contributed by atoms with van der Waals surface area (Å²) in [5.41, 5.74) is 6.29. The highest BCUT2D eigenvalue weighted by Crippen LogP contribution is 2.21. The minimum Gasteiger partial charge on any atom is -0.279 e. The maximum absolute atomic E-state index is 12.3. The molecule has 0 unspecified atom stereocenters. The molecule has 1 amide bonds. The number of nitrogens with zero attached hydrogens (tertiary/aromatic N) is 1. The van der Waals surface area contributed by atoms with Crippen LogP contribution in [0.1, 0.15) is 15.9 Å². The molecule has 1 heterocycles. The van der Waals surface area contributed by atoms with Gasteiger partial charge in [-0.25, -0.2) is 13.8 Å². The first-order valence-electron chi connectivity index (χ1n) is 9.66. The molecule has 160 valence electrons. The fraction of sp³-hybridized carbons (Fsp3) is 0. The van der Waals surface area contributed by atoms with Crippen molar-refractivity contribution in [1.82, 2.24) is 5.43 Å². The van der Waals surface area contributed by atoms with E-state index in [0.29, 0.717) is 11.3 Å². The molecule has 3 aromatic carbocycles. The summed E-state index contributed by atoms with van der Waals surface area (Å²) in [5, 5.41) is 5.70. The van der Waals surface area contributed by atoms with E-state index >= 15 is 0 Å². The van der Waals surface area contributed by atoms with Crippen LogP contribution < -0.4 is 10.1 Å². The SMILES string of the molecule is O=C(N/N=C/c1ccc(-c2ccccc2)cc1)c1ccc(NS(=O)(=O)c2cccs2)cc1. The van der Waals surface area contributed by atoms with E-state index in [2.05, 4.69) is 15.2 Å². The minimum absolute atomic E-state index is 0.227. The zero-order valence-electron chi connectivity index (χ0n) is 16.8. The number of hydrazone groups is 1. The summed E-state index contributed by atoms with van der Waals surface area (Å²) in [4.78, 5) is 12.3. The van der Waals surface area contributed by atoms with E-state index in [9.17, 15) is 13.2 Å². The first-order valence-corrected chi connectivity index (χ1v) is 12.0. The van der Waals surface area contributed by atoms with Gasteiger partial charge in [0.2, 0.25) is 0 Å². The summed E-state index contributed by atoms with van der Waals surface area (Å²) in [6, 6.07) is 27.2. The number of hydrogen-bond donors (Lipinski definition) is 2. The second-order valence-corrected chi connectivity index (χ2v) is 9.66. The highest BCUT2D eigenvalue weighted by Gasteiger charge is 2.15. The third kappa shape index (κ3) is 5.29. The van der Waals surface area contributed by atoms with E-state index in [1.807, 2.05) is 54.6 Å². The van der Waals surface area contributed by atoms with Gasteiger partial charge in [0.25, 0.3) is 15.9 Å². The molecular weight excluding hydrogens is 442 g/mol. The Bertz CT molecular complexity index is 1320. The van der Waals surface area contributed by atoms with Gasteiger partial charge in [-0.2, -0.15) is 5.10 Å². The third-order valence-electron chi connectivity index (χ3n) is 4.56. The molecule has 0 aliphatic carbocycles. The van der Waals surface area contributed by atoms with Gasteiger partial charge in [-0.05, 0) is 52.4 Å². The summed E-state index contributed by atoms with van der Waals surface area (Å²) in [5.74, 6) is -0.394. The molecule has 0 bridgehead atoms. The lowest BCUT2D eigenvalue weighted by atomic mass is 10.0. The molecule has 6 nitrogen and oxygen atoms in total. The molecule has 0 atom stereocenters. The number of carbonyl (C=O) groups excluding carboxylic acids is 1. The maximum atomic E-state index is 12.3. The van der Waals surface area contributed by atoms with Crippen LogP contribution in [0.15, 0.2) is 106 Å². The first-order chi connectivity index (χ1) is 15.5. The number of carbonyl (C=O) groups is 1. The van der Waals surface area contributed by atoms with Crippen molar-refractivity contribution in [2.45, 2.75) is 4.21 Å². The Morgan fingerprint density at radius 2 is 1.50 bits per heavy atom. The third-order valence-corrected chi connectivity index (χ3v) is 7.34. The number of thiophene rings is 1. The van der Waals surface area contributed by atoms with Crippen molar-refractivity contribution >= 4 is 39.2 Å². The van der Waals surface area contributed by atoms with Crippen molar-refractivity contribution in [3.05, 3.63) is 108 Å². The van der Waals surface area contributed by atoms with E-state index in [1.165, 1.54) is 30.3 Å². The molecule has 0 aliphatic rings. The lowest BCUT2D eigenvalue weighted by molar-refractivity contribution is 0.0955. The van der Waals surface area contributed by atoms with Crippen molar-refractivity contribution in [1.29, 1.82) is 0 Å². The summed E-state index contributed by atoms with van der Waals surface area (Å²) in [6.07, 6.45) is 1.57. The van der Waals surface area contributed by atoms with Crippen LogP contribution in [0.4, 0.5) is 5.69 Å². The number of benzene rings is 3. The normalized spacial score (nSPS) is 11.4. The summed E-state index contributed by atoms with van der Waals surface area (Å²) in [7, 11) is -3.62. The molecule has 0 aliphatic heterocycles. The number of rotatable bonds is 7. The predicted octanol–water partition coefficient (Wildman–Crippen LogP) is 4.98. The van der Waals surface area contributed by atoms with Crippen molar-refractivity contribution in [2.75, 3.05) is 4.72 Å². The van der Waals surface area contributed by atoms with Crippen LogP contribution >= 0.6 is 11.3 Å². The van der Waals surface area contributed by atoms with Gasteiger partial charge in [-0.1, -0.05) is 60.7 Å². The molecule has 4 aromatic rings. The topological polar surface area (TPSA) is 87.6 Å². The number of amides is 1. The zero-order valence-corrected chi connectivity index (χ0v) is 18.4. The highest BCUT2D eigenvalue weighted by atomic mass is 32.2. The molecule has 0 saturated carbocycles. The minimum atomic E-state index is -3.62. The van der Waals surface area contributed by atoms with Gasteiger partial charge in [0.05, 0.1) is 6.21 Å². The molecule has 0 spiro atoms. The molecule has 0 fully saturated rings. The molecule has 4 rings (SSSR count). The van der Waals surface area contributed by atoms with Crippen LogP contribution in [0.3, 0.4) is 0 Å². The smallest absolute Gasteiger partial charge is 0.271 e. The Morgan fingerprint density at radius 3 is 2.16 bits per heavy atom. The number of hydrogen-bond acceptors (Lipinski definition) is 5. The number of sulfonamides is 1.